The summed E-state index contributed by atoms with van der Waals surface area (Å²) in [5.74, 6) is 0.252. The highest BCUT2D eigenvalue weighted by Gasteiger charge is 2.30. The minimum atomic E-state index is -0.00694. The van der Waals surface area contributed by atoms with Gasteiger partial charge in [0.15, 0.2) is 0 Å². The average Bonchev–Trinajstić information content (AvgIpc) is 3.03. The van der Waals surface area contributed by atoms with Crippen molar-refractivity contribution >= 4 is 21.9 Å². The van der Waals surface area contributed by atoms with Crippen molar-refractivity contribution in [3.05, 3.63) is 34.8 Å². The molecule has 0 heterocycles. The Morgan fingerprint density at radius 2 is 2.00 bits per heavy atom. The molecule has 1 aliphatic carbocycles. The summed E-state index contributed by atoms with van der Waals surface area (Å²) in [6, 6.07) is 9.97. The number of benzene rings is 1. The van der Waals surface area contributed by atoms with E-state index in [-0.39, 0.29) is 11.9 Å². The van der Waals surface area contributed by atoms with E-state index in [1.54, 1.807) is 0 Å². The first-order chi connectivity index (χ1) is 7.24. The molecule has 3 heteroatoms. The normalized spacial score (nSPS) is 13.7. The fourth-order valence-electron chi connectivity index (χ4n) is 0.994. The molecule has 0 N–H and O–H groups in total. The predicted octanol–water partition coefficient (Wildman–Crippen LogP) is 3.41. The topological polar surface area (TPSA) is 26.3 Å². The van der Waals surface area contributed by atoms with E-state index >= 15 is 0 Å². The molecule has 0 aromatic heterocycles. The Labute approximate surface area is 98.8 Å². The Hall–Kier alpha value is -0.830. The van der Waals surface area contributed by atoms with Crippen LogP contribution in [-0.2, 0) is 9.53 Å². The number of ether oxygens (including phenoxy) is 1. The van der Waals surface area contributed by atoms with Gasteiger partial charge in [-0.1, -0.05) is 34.1 Å². The maximum Gasteiger partial charge on any atom is 0.308 e. The Balaban J connectivity index is 0.000000151. The summed E-state index contributed by atoms with van der Waals surface area (Å²) in [7, 11) is 0. The molecular weight excluding hydrogens is 256 g/mol. The second-order valence-electron chi connectivity index (χ2n) is 3.32. The second kappa shape index (κ2) is 6.62. The van der Waals surface area contributed by atoms with Crippen molar-refractivity contribution in [3.63, 3.8) is 0 Å². The van der Waals surface area contributed by atoms with Crippen LogP contribution in [0.4, 0.5) is 0 Å². The van der Waals surface area contributed by atoms with Crippen LogP contribution < -0.4 is 0 Å². The first-order valence-electron chi connectivity index (χ1n) is 5.11. The Bertz CT molecular complexity index is 294. The lowest BCUT2D eigenvalue weighted by molar-refractivity contribution is -0.144. The molecule has 1 aromatic rings. The first-order valence-corrected chi connectivity index (χ1v) is 5.90. The van der Waals surface area contributed by atoms with E-state index in [4.69, 9.17) is 4.74 Å². The van der Waals surface area contributed by atoms with Gasteiger partial charge in [-0.15, -0.1) is 0 Å². The van der Waals surface area contributed by atoms with E-state index in [1.807, 2.05) is 37.3 Å². The van der Waals surface area contributed by atoms with E-state index in [1.165, 1.54) is 0 Å². The molecule has 1 aliphatic rings. The zero-order chi connectivity index (χ0) is 11.1. The molecule has 82 valence electrons. The largest absolute Gasteiger partial charge is 0.466 e. The van der Waals surface area contributed by atoms with Crippen LogP contribution in [0.2, 0.25) is 0 Å². The summed E-state index contributed by atoms with van der Waals surface area (Å²) in [5, 5.41) is 0. The molecule has 1 fully saturated rings. The second-order valence-corrected chi connectivity index (χ2v) is 4.24. The quantitative estimate of drug-likeness (QED) is 0.770. The van der Waals surface area contributed by atoms with Crippen LogP contribution in [0, 0.1) is 5.92 Å². The van der Waals surface area contributed by atoms with Gasteiger partial charge in [-0.2, -0.15) is 0 Å². The Kier molecular flexibility index (Phi) is 5.40. The summed E-state index contributed by atoms with van der Waals surface area (Å²) in [6.07, 6.45) is 2.08. The van der Waals surface area contributed by atoms with Crippen molar-refractivity contribution in [1.29, 1.82) is 0 Å². The summed E-state index contributed by atoms with van der Waals surface area (Å²) in [5.41, 5.74) is 0. The fourth-order valence-corrected chi connectivity index (χ4v) is 1.30. The Morgan fingerprint density at radius 3 is 2.33 bits per heavy atom. The molecule has 0 unspecified atom stereocenters. The van der Waals surface area contributed by atoms with Crippen LogP contribution in [0.25, 0.3) is 0 Å². The zero-order valence-electron chi connectivity index (χ0n) is 8.78. The lowest BCUT2D eigenvalue weighted by atomic mass is 10.4. The van der Waals surface area contributed by atoms with Gasteiger partial charge in [-0.25, -0.2) is 0 Å². The SMILES string of the molecule is Brc1ccccc1.CCOC(=O)C1CC1. The summed E-state index contributed by atoms with van der Waals surface area (Å²) < 4.78 is 5.86. The highest BCUT2D eigenvalue weighted by molar-refractivity contribution is 9.10. The van der Waals surface area contributed by atoms with Crippen molar-refractivity contribution in [3.8, 4) is 0 Å². The molecule has 0 aliphatic heterocycles. The van der Waals surface area contributed by atoms with Gasteiger partial charge in [0.25, 0.3) is 0 Å². The number of esters is 1. The zero-order valence-corrected chi connectivity index (χ0v) is 10.4. The minimum absolute atomic E-state index is 0.00694. The smallest absolute Gasteiger partial charge is 0.308 e. The third kappa shape index (κ3) is 5.57. The van der Waals surface area contributed by atoms with Crippen molar-refractivity contribution in [2.45, 2.75) is 19.8 Å². The number of halogens is 1. The van der Waals surface area contributed by atoms with Gasteiger partial charge in [-0.3, -0.25) is 4.79 Å². The molecule has 15 heavy (non-hydrogen) atoms. The van der Waals surface area contributed by atoms with Gasteiger partial charge in [0.2, 0.25) is 0 Å². The molecule has 0 atom stereocenters. The monoisotopic (exact) mass is 270 g/mol. The van der Waals surface area contributed by atoms with Crippen molar-refractivity contribution in [2.75, 3.05) is 6.61 Å². The number of hydrogen-bond donors (Lipinski definition) is 0. The summed E-state index contributed by atoms with van der Waals surface area (Å²) >= 11 is 3.31. The highest BCUT2D eigenvalue weighted by Crippen LogP contribution is 2.29. The molecule has 0 spiro atoms. The van der Waals surface area contributed by atoms with E-state index in [0.717, 1.165) is 17.3 Å². The van der Waals surface area contributed by atoms with Crippen LogP contribution in [0.5, 0.6) is 0 Å². The van der Waals surface area contributed by atoms with Gasteiger partial charge in [-0.05, 0) is 31.9 Å². The van der Waals surface area contributed by atoms with E-state index in [9.17, 15) is 4.79 Å². The van der Waals surface area contributed by atoms with Crippen LogP contribution in [-0.4, -0.2) is 12.6 Å². The van der Waals surface area contributed by atoms with Gasteiger partial charge in [0, 0.05) is 4.47 Å². The lowest BCUT2D eigenvalue weighted by Gasteiger charge is -1.95. The number of hydrogen-bond acceptors (Lipinski definition) is 2. The summed E-state index contributed by atoms with van der Waals surface area (Å²) in [6.45, 7) is 2.36. The molecule has 1 saturated carbocycles. The summed E-state index contributed by atoms with van der Waals surface area (Å²) in [4.78, 5) is 10.6. The van der Waals surface area contributed by atoms with E-state index in [2.05, 4.69) is 15.9 Å². The number of rotatable bonds is 2. The third-order valence-corrected chi connectivity index (χ3v) is 2.46. The van der Waals surface area contributed by atoms with Crippen molar-refractivity contribution in [1.82, 2.24) is 0 Å². The fraction of sp³-hybridized carbons (Fsp3) is 0.417. The van der Waals surface area contributed by atoms with Gasteiger partial charge in [0.05, 0.1) is 12.5 Å². The van der Waals surface area contributed by atoms with Crippen molar-refractivity contribution in [2.24, 2.45) is 5.92 Å². The lowest BCUT2D eigenvalue weighted by Crippen LogP contribution is -2.04. The number of carbonyl (C=O) groups is 1. The molecule has 2 rings (SSSR count). The molecule has 2 nitrogen and oxygen atoms in total. The third-order valence-electron chi connectivity index (χ3n) is 1.93. The van der Waals surface area contributed by atoms with E-state index < -0.39 is 0 Å². The molecule has 0 amide bonds. The molecular formula is C12H15BrO2. The first kappa shape index (κ1) is 12.2. The van der Waals surface area contributed by atoms with Gasteiger partial charge in [0.1, 0.15) is 0 Å². The maximum absolute atomic E-state index is 10.6. The van der Waals surface area contributed by atoms with Crippen LogP contribution in [0.1, 0.15) is 19.8 Å². The molecule has 0 saturated heterocycles. The van der Waals surface area contributed by atoms with Crippen LogP contribution >= 0.6 is 15.9 Å². The van der Waals surface area contributed by atoms with Gasteiger partial charge >= 0.3 is 5.97 Å². The maximum atomic E-state index is 10.6. The predicted molar refractivity (Wildman–Crippen MR) is 63.5 cm³/mol. The molecule has 0 radical (unpaired) electrons. The van der Waals surface area contributed by atoms with Gasteiger partial charge < -0.3 is 4.74 Å². The standard InChI is InChI=1S/C6H5Br.C6H10O2/c7-6-4-2-1-3-5-6;1-2-8-6(7)5-3-4-5/h1-5H;5H,2-4H2,1H3. The van der Waals surface area contributed by atoms with Crippen LogP contribution in [0.3, 0.4) is 0 Å². The molecule has 1 aromatic carbocycles. The van der Waals surface area contributed by atoms with Crippen LogP contribution in [0.15, 0.2) is 34.8 Å². The number of carbonyl (C=O) groups excluding carboxylic acids is 1. The Morgan fingerprint density at radius 1 is 1.40 bits per heavy atom. The van der Waals surface area contributed by atoms with E-state index in [0.29, 0.717) is 6.61 Å². The minimum Gasteiger partial charge on any atom is -0.466 e. The molecule has 0 bridgehead atoms. The highest BCUT2D eigenvalue weighted by atomic mass is 79.9. The van der Waals surface area contributed by atoms with Crippen molar-refractivity contribution < 1.29 is 9.53 Å². The average molecular weight is 271 g/mol.